The molecule has 0 saturated carbocycles. The van der Waals surface area contributed by atoms with Crippen LogP contribution in [-0.2, 0) is 16.2 Å². The molecular formula is C21H15ClF3N3O5S. The summed E-state index contributed by atoms with van der Waals surface area (Å²) in [5.74, 6) is -0.643. The van der Waals surface area contributed by atoms with Gasteiger partial charge >= 0.3 is 6.18 Å². The Bertz CT molecular complexity index is 1380. The molecule has 0 spiro atoms. The van der Waals surface area contributed by atoms with Crippen molar-refractivity contribution in [3.63, 3.8) is 0 Å². The Morgan fingerprint density at radius 2 is 1.65 bits per heavy atom. The molecule has 0 aliphatic carbocycles. The summed E-state index contributed by atoms with van der Waals surface area (Å²) in [5, 5.41) is 13.0. The molecule has 0 atom stereocenters. The van der Waals surface area contributed by atoms with Gasteiger partial charge < -0.3 is 5.32 Å². The summed E-state index contributed by atoms with van der Waals surface area (Å²) in [6, 6.07) is 11.4. The summed E-state index contributed by atoms with van der Waals surface area (Å²) in [5.41, 5.74) is -1.33. The molecule has 1 amide bonds. The predicted molar refractivity (Wildman–Crippen MR) is 119 cm³/mol. The summed E-state index contributed by atoms with van der Waals surface area (Å²) in [7, 11) is -4.26. The van der Waals surface area contributed by atoms with Crippen LogP contribution < -0.4 is 10.0 Å². The van der Waals surface area contributed by atoms with E-state index in [1.54, 1.807) is 0 Å². The van der Waals surface area contributed by atoms with Crippen molar-refractivity contribution < 1.29 is 31.3 Å². The van der Waals surface area contributed by atoms with Crippen molar-refractivity contribution in [1.82, 2.24) is 0 Å². The molecule has 0 aliphatic rings. The number of amides is 1. The van der Waals surface area contributed by atoms with Gasteiger partial charge in [0.15, 0.2) is 0 Å². The van der Waals surface area contributed by atoms with Crippen molar-refractivity contribution in [2.24, 2.45) is 0 Å². The maximum absolute atomic E-state index is 13.0. The molecule has 0 radical (unpaired) electrons. The Hall–Kier alpha value is -3.64. The van der Waals surface area contributed by atoms with Crippen molar-refractivity contribution in [3.8, 4) is 0 Å². The fourth-order valence-electron chi connectivity index (χ4n) is 3.00. The van der Waals surface area contributed by atoms with Gasteiger partial charge in [-0.1, -0.05) is 17.7 Å². The standard InChI is InChI=1S/C21H15ClF3N3O5S/c1-12-16(3-2-4-19(12)28(30)31)20(29)26-13-5-8-15(9-6-13)34(32,33)27-14-7-10-18(22)17(11-14)21(23,24)25/h2-11,27H,1H3,(H,26,29). The van der Waals surface area contributed by atoms with Gasteiger partial charge in [0.25, 0.3) is 21.6 Å². The zero-order valence-corrected chi connectivity index (χ0v) is 18.8. The number of sulfonamides is 1. The predicted octanol–water partition coefficient (Wildman–Crippen LogP) is 5.63. The normalized spacial score (nSPS) is 11.7. The molecule has 34 heavy (non-hydrogen) atoms. The summed E-state index contributed by atoms with van der Waals surface area (Å²) in [6.45, 7) is 1.43. The van der Waals surface area contributed by atoms with Crippen LogP contribution in [0.3, 0.4) is 0 Å². The molecule has 0 aromatic heterocycles. The molecule has 0 fully saturated rings. The molecule has 2 N–H and O–H groups in total. The number of nitro benzene ring substituents is 1. The van der Waals surface area contributed by atoms with Gasteiger partial charge in [0.2, 0.25) is 0 Å². The molecule has 0 saturated heterocycles. The van der Waals surface area contributed by atoms with Crippen LogP contribution in [-0.4, -0.2) is 19.2 Å². The highest BCUT2D eigenvalue weighted by Crippen LogP contribution is 2.36. The lowest BCUT2D eigenvalue weighted by Crippen LogP contribution is -2.15. The molecule has 0 aliphatic heterocycles. The quantitative estimate of drug-likeness (QED) is 0.327. The number of carbonyl (C=O) groups is 1. The minimum absolute atomic E-state index is 0.0655. The second kappa shape index (κ2) is 9.31. The van der Waals surface area contributed by atoms with Crippen molar-refractivity contribution in [3.05, 3.63) is 92.5 Å². The van der Waals surface area contributed by atoms with Crippen molar-refractivity contribution >= 4 is 44.6 Å². The number of benzene rings is 3. The molecule has 0 unspecified atom stereocenters. The van der Waals surface area contributed by atoms with E-state index in [4.69, 9.17) is 11.6 Å². The van der Waals surface area contributed by atoms with Crippen LogP contribution in [0.4, 0.5) is 30.2 Å². The molecule has 0 bridgehead atoms. The number of hydrogen-bond acceptors (Lipinski definition) is 5. The van der Waals surface area contributed by atoms with E-state index in [0.29, 0.717) is 6.07 Å². The van der Waals surface area contributed by atoms with Crippen molar-refractivity contribution in [2.45, 2.75) is 18.0 Å². The van der Waals surface area contributed by atoms with Gasteiger partial charge in [-0.15, -0.1) is 0 Å². The third-order valence-corrected chi connectivity index (χ3v) is 6.42. The van der Waals surface area contributed by atoms with E-state index in [2.05, 4.69) is 5.32 Å². The van der Waals surface area contributed by atoms with E-state index in [-0.39, 0.29) is 33.1 Å². The van der Waals surface area contributed by atoms with Crippen molar-refractivity contribution in [1.29, 1.82) is 0 Å². The molecule has 3 aromatic carbocycles. The van der Waals surface area contributed by atoms with Gasteiger partial charge in [0.05, 0.1) is 20.4 Å². The highest BCUT2D eigenvalue weighted by Gasteiger charge is 2.33. The number of nitro groups is 1. The number of nitrogens with one attached hydrogen (secondary N) is 2. The zero-order chi connectivity index (χ0) is 25.3. The van der Waals surface area contributed by atoms with Crippen molar-refractivity contribution in [2.75, 3.05) is 10.0 Å². The van der Waals surface area contributed by atoms with E-state index < -0.39 is 37.6 Å². The third kappa shape index (κ3) is 5.46. The number of nitrogens with zero attached hydrogens (tertiary/aromatic N) is 1. The van der Waals surface area contributed by atoms with Crippen LogP contribution in [0.1, 0.15) is 21.5 Å². The van der Waals surface area contributed by atoms with Gasteiger partial charge in [-0.05, 0) is 55.5 Å². The molecule has 178 valence electrons. The largest absolute Gasteiger partial charge is 0.417 e. The van der Waals surface area contributed by atoms with Crippen LogP contribution in [0, 0.1) is 17.0 Å². The first-order chi connectivity index (χ1) is 15.8. The lowest BCUT2D eigenvalue weighted by atomic mass is 10.1. The second-order valence-corrected chi connectivity index (χ2v) is 9.07. The van der Waals surface area contributed by atoms with E-state index in [9.17, 15) is 36.5 Å². The van der Waals surface area contributed by atoms with Crippen LogP contribution in [0.5, 0.6) is 0 Å². The number of carbonyl (C=O) groups excluding carboxylic acids is 1. The molecular weight excluding hydrogens is 499 g/mol. The Morgan fingerprint density at radius 3 is 2.24 bits per heavy atom. The average molecular weight is 514 g/mol. The highest BCUT2D eigenvalue weighted by molar-refractivity contribution is 7.92. The Kier molecular flexibility index (Phi) is 6.84. The topological polar surface area (TPSA) is 118 Å². The lowest BCUT2D eigenvalue weighted by Gasteiger charge is -2.13. The lowest BCUT2D eigenvalue weighted by molar-refractivity contribution is -0.385. The van der Waals surface area contributed by atoms with Gasteiger partial charge in [0, 0.05) is 28.6 Å². The Balaban J connectivity index is 1.79. The summed E-state index contributed by atoms with van der Waals surface area (Å²) < 4.78 is 66.2. The summed E-state index contributed by atoms with van der Waals surface area (Å²) in [6.07, 6.45) is -4.77. The fourth-order valence-corrected chi connectivity index (χ4v) is 4.28. The van der Waals surface area contributed by atoms with Crippen LogP contribution >= 0.6 is 11.6 Å². The first-order valence-corrected chi connectivity index (χ1v) is 11.2. The van der Waals surface area contributed by atoms with E-state index in [1.165, 1.54) is 37.3 Å². The first kappa shape index (κ1) is 25.0. The fraction of sp³-hybridized carbons (Fsp3) is 0.0952. The summed E-state index contributed by atoms with van der Waals surface area (Å²) >= 11 is 5.54. The number of hydrogen-bond donors (Lipinski definition) is 2. The molecule has 13 heteroatoms. The smallest absolute Gasteiger partial charge is 0.322 e. The molecule has 8 nitrogen and oxygen atoms in total. The minimum atomic E-state index is -4.77. The average Bonchev–Trinajstić information content (AvgIpc) is 2.74. The maximum atomic E-state index is 13.0. The Labute approximate surface area is 196 Å². The van der Waals surface area contributed by atoms with Crippen LogP contribution in [0.15, 0.2) is 65.6 Å². The van der Waals surface area contributed by atoms with Crippen LogP contribution in [0.2, 0.25) is 5.02 Å². The number of rotatable bonds is 6. The monoisotopic (exact) mass is 513 g/mol. The summed E-state index contributed by atoms with van der Waals surface area (Å²) in [4.78, 5) is 22.7. The van der Waals surface area contributed by atoms with E-state index in [1.807, 2.05) is 4.72 Å². The van der Waals surface area contributed by atoms with E-state index in [0.717, 1.165) is 24.3 Å². The van der Waals surface area contributed by atoms with Gasteiger partial charge in [-0.25, -0.2) is 8.42 Å². The SMILES string of the molecule is Cc1c(C(=O)Nc2ccc(S(=O)(=O)Nc3ccc(Cl)c(C(F)(F)F)c3)cc2)cccc1[N+](=O)[O-]. The Morgan fingerprint density at radius 1 is 1.03 bits per heavy atom. The molecule has 3 rings (SSSR count). The van der Waals surface area contributed by atoms with Gasteiger partial charge in [-0.2, -0.15) is 13.2 Å². The first-order valence-electron chi connectivity index (χ1n) is 9.34. The van der Waals surface area contributed by atoms with Gasteiger partial charge in [0.1, 0.15) is 0 Å². The van der Waals surface area contributed by atoms with Gasteiger partial charge in [-0.3, -0.25) is 19.6 Å². The number of halogens is 4. The third-order valence-electron chi connectivity index (χ3n) is 4.69. The molecule has 3 aromatic rings. The minimum Gasteiger partial charge on any atom is -0.322 e. The van der Waals surface area contributed by atoms with E-state index >= 15 is 0 Å². The number of alkyl halides is 3. The number of anilines is 2. The highest BCUT2D eigenvalue weighted by atomic mass is 35.5. The zero-order valence-electron chi connectivity index (χ0n) is 17.2. The van der Waals surface area contributed by atoms with Crippen LogP contribution in [0.25, 0.3) is 0 Å². The maximum Gasteiger partial charge on any atom is 0.417 e. The second-order valence-electron chi connectivity index (χ2n) is 6.98. The molecule has 0 heterocycles.